The number of urea groups is 1. The van der Waals surface area contributed by atoms with Crippen molar-refractivity contribution in [2.45, 2.75) is 25.1 Å². The van der Waals surface area contributed by atoms with Crippen LogP contribution < -0.4 is 16.0 Å². The molecule has 2 aromatic rings. The number of morpholine rings is 1. The SMILES string of the molecule is CC(CNCCN1CCOCC1)c1ccc(C2=CC3=NCC(c4cccc(NC(=O)NCC(F)(F)F)c4)N3N=C2)cc1. The molecule has 0 aromatic heterocycles. The number of halogens is 3. The zero-order valence-electron chi connectivity index (χ0n) is 23.5. The number of amides is 2. The summed E-state index contributed by atoms with van der Waals surface area (Å²) in [7, 11) is 0. The molecular weight excluding hydrogens is 547 g/mol. The molecule has 5 rings (SSSR count). The molecule has 2 unspecified atom stereocenters. The maximum Gasteiger partial charge on any atom is 0.405 e. The molecule has 3 N–H and O–H groups in total. The van der Waals surface area contributed by atoms with E-state index in [1.807, 2.05) is 28.7 Å². The van der Waals surface area contributed by atoms with Crippen molar-refractivity contribution < 1.29 is 22.7 Å². The number of allylic oxidation sites excluding steroid dienone is 1. The molecule has 1 fully saturated rings. The molecule has 2 atom stereocenters. The molecule has 2 amide bonds. The largest absolute Gasteiger partial charge is 0.405 e. The number of alkyl halides is 3. The lowest BCUT2D eigenvalue weighted by Gasteiger charge is -2.26. The van der Waals surface area contributed by atoms with Crippen LogP contribution in [0.5, 0.6) is 0 Å². The first-order chi connectivity index (χ1) is 20.2. The average molecular weight is 584 g/mol. The van der Waals surface area contributed by atoms with Gasteiger partial charge < -0.3 is 20.7 Å². The number of anilines is 1. The Kier molecular flexibility index (Phi) is 9.55. The van der Waals surface area contributed by atoms with Gasteiger partial charge in [-0.05, 0) is 40.8 Å². The molecule has 0 saturated carbocycles. The summed E-state index contributed by atoms with van der Waals surface area (Å²) < 4.78 is 42.6. The molecule has 3 aliphatic heterocycles. The van der Waals surface area contributed by atoms with E-state index in [2.05, 4.69) is 56.8 Å². The Balaban J connectivity index is 1.13. The summed E-state index contributed by atoms with van der Waals surface area (Å²) in [5.41, 5.74) is 4.52. The Labute approximate surface area is 243 Å². The fourth-order valence-electron chi connectivity index (χ4n) is 5.13. The standard InChI is InChI=1S/C30H36F3N7O2/c1-21(17-34-9-10-39-11-13-42-14-12-39)22-5-7-23(8-6-22)25-16-28-35-19-27(40(28)37-18-25)24-3-2-4-26(15-24)38-29(41)36-20-30(31,32)33/h2-8,15-16,18,21,27,34H,9-14,17,19-20H2,1H3,(H2,36,38,41). The minimum Gasteiger partial charge on any atom is -0.379 e. The second-order valence-corrected chi connectivity index (χ2v) is 10.6. The highest BCUT2D eigenvalue weighted by Crippen LogP contribution is 2.32. The van der Waals surface area contributed by atoms with E-state index in [0.717, 1.165) is 68.5 Å². The first-order valence-electron chi connectivity index (χ1n) is 14.2. The summed E-state index contributed by atoms with van der Waals surface area (Å²) in [4.78, 5) is 19.0. The summed E-state index contributed by atoms with van der Waals surface area (Å²) in [5, 5.41) is 14.3. The van der Waals surface area contributed by atoms with Gasteiger partial charge in [-0.2, -0.15) is 18.3 Å². The van der Waals surface area contributed by atoms with E-state index in [0.29, 0.717) is 18.2 Å². The summed E-state index contributed by atoms with van der Waals surface area (Å²) in [6.07, 6.45) is -0.655. The van der Waals surface area contributed by atoms with Crippen LogP contribution >= 0.6 is 0 Å². The molecular formula is C30H36F3N7O2. The molecule has 3 heterocycles. The minimum atomic E-state index is -4.48. The number of fused-ring (bicyclic) bond motifs is 1. The van der Waals surface area contributed by atoms with E-state index in [1.54, 1.807) is 18.2 Å². The van der Waals surface area contributed by atoms with E-state index >= 15 is 0 Å². The number of hydrogen-bond acceptors (Lipinski definition) is 7. The van der Waals surface area contributed by atoms with E-state index < -0.39 is 18.8 Å². The number of aliphatic imine (C=N–C) groups is 1. The lowest BCUT2D eigenvalue weighted by atomic mass is 9.97. The van der Waals surface area contributed by atoms with Crippen molar-refractivity contribution in [3.63, 3.8) is 0 Å². The topological polar surface area (TPSA) is 93.6 Å². The molecule has 3 aliphatic rings. The lowest BCUT2D eigenvalue weighted by Crippen LogP contribution is -2.40. The number of carbonyl (C=O) groups excluding carboxylic acids is 1. The molecule has 0 aliphatic carbocycles. The third-order valence-corrected chi connectivity index (χ3v) is 7.51. The van der Waals surface area contributed by atoms with Crippen LogP contribution in [-0.4, -0.2) is 93.2 Å². The van der Waals surface area contributed by atoms with Gasteiger partial charge in [-0.3, -0.25) is 9.89 Å². The van der Waals surface area contributed by atoms with Crippen molar-refractivity contribution in [3.05, 3.63) is 71.3 Å². The number of amidine groups is 1. The van der Waals surface area contributed by atoms with Gasteiger partial charge in [-0.25, -0.2) is 9.80 Å². The number of ether oxygens (including phenoxy) is 1. The molecule has 224 valence electrons. The average Bonchev–Trinajstić information content (AvgIpc) is 3.42. The van der Waals surface area contributed by atoms with Crippen molar-refractivity contribution in [2.24, 2.45) is 10.1 Å². The Bertz CT molecular complexity index is 1320. The zero-order valence-corrected chi connectivity index (χ0v) is 23.5. The molecule has 42 heavy (non-hydrogen) atoms. The first kappa shape index (κ1) is 29.7. The number of hydrogen-bond donors (Lipinski definition) is 3. The summed E-state index contributed by atoms with van der Waals surface area (Å²) in [5.74, 6) is 1.12. The van der Waals surface area contributed by atoms with Gasteiger partial charge in [0, 0.05) is 44.0 Å². The van der Waals surface area contributed by atoms with Crippen LogP contribution in [0, 0.1) is 0 Å². The predicted molar refractivity (Wildman–Crippen MR) is 158 cm³/mol. The summed E-state index contributed by atoms with van der Waals surface area (Å²) >= 11 is 0. The van der Waals surface area contributed by atoms with Crippen LogP contribution in [0.4, 0.5) is 23.7 Å². The number of rotatable bonds is 10. The van der Waals surface area contributed by atoms with Crippen LogP contribution in [0.25, 0.3) is 5.57 Å². The second kappa shape index (κ2) is 13.5. The molecule has 0 radical (unpaired) electrons. The number of carbonyl (C=O) groups is 1. The van der Waals surface area contributed by atoms with Crippen molar-refractivity contribution in [1.29, 1.82) is 0 Å². The Morgan fingerprint density at radius 2 is 1.93 bits per heavy atom. The minimum absolute atomic E-state index is 0.187. The number of nitrogens with one attached hydrogen (secondary N) is 3. The van der Waals surface area contributed by atoms with Crippen LogP contribution in [0.1, 0.15) is 35.6 Å². The fourth-order valence-corrected chi connectivity index (χ4v) is 5.13. The van der Waals surface area contributed by atoms with Gasteiger partial charge >= 0.3 is 12.2 Å². The van der Waals surface area contributed by atoms with Crippen molar-refractivity contribution >= 4 is 29.3 Å². The number of nitrogens with zero attached hydrogens (tertiary/aromatic N) is 4. The quantitative estimate of drug-likeness (QED) is 0.364. The highest BCUT2D eigenvalue weighted by Gasteiger charge is 2.31. The van der Waals surface area contributed by atoms with Crippen LogP contribution in [0.2, 0.25) is 0 Å². The van der Waals surface area contributed by atoms with E-state index in [-0.39, 0.29) is 6.04 Å². The van der Waals surface area contributed by atoms with Crippen LogP contribution in [0.3, 0.4) is 0 Å². The second-order valence-electron chi connectivity index (χ2n) is 10.6. The molecule has 1 saturated heterocycles. The molecule has 2 aromatic carbocycles. The lowest BCUT2D eigenvalue weighted by molar-refractivity contribution is -0.122. The van der Waals surface area contributed by atoms with Crippen molar-refractivity contribution in [3.8, 4) is 0 Å². The van der Waals surface area contributed by atoms with Crippen LogP contribution in [-0.2, 0) is 4.74 Å². The Morgan fingerprint density at radius 3 is 2.69 bits per heavy atom. The number of hydrazone groups is 1. The van der Waals surface area contributed by atoms with Gasteiger partial charge in [0.2, 0.25) is 0 Å². The molecule has 0 bridgehead atoms. The van der Waals surface area contributed by atoms with Gasteiger partial charge in [-0.1, -0.05) is 43.3 Å². The maximum absolute atomic E-state index is 12.4. The molecule has 12 heteroatoms. The smallest absolute Gasteiger partial charge is 0.379 e. The Morgan fingerprint density at radius 1 is 1.14 bits per heavy atom. The normalized spacial score (nSPS) is 19.6. The van der Waals surface area contributed by atoms with E-state index in [9.17, 15) is 18.0 Å². The van der Waals surface area contributed by atoms with Gasteiger partial charge in [0.15, 0.2) is 0 Å². The summed E-state index contributed by atoms with van der Waals surface area (Å²) in [6.45, 7) is 7.86. The van der Waals surface area contributed by atoms with E-state index in [4.69, 9.17) is 4.74 Å². The van der Waals surface area contributed by atoms with Crippen molar-refractivity contribution in [1.82, 2.24) is 20.5 Å². The maximum atomic E-state index is 12.4. The fraction of sp³-hybridized carbons (Fsp3) is 0.433. The van der Waals surface area contributed by atoms with Gasteiger partial charge in [-0.15, -0.1) is 0 Å². The molecule has 0 spiro atoms. The summed E-state index contributed by atoms with van der Waals surface area (Å²) in [6, 6.07) is 14.4. The third kappa shape index (κ3) is 7.96. The van der Waals surface area contributed by atoms with E-state index in [1.165, 1.54) is 5.56 Å². The number of benzene rings is 2. The third-order valence-electron chi connectivity index (χ3n) is 7.51. The van der Waals surface area contributed by atoms with Crippen molar-refractivity contribution in [2.75, 3.05) is 64.3 Å². The predicted octanol–water partition coefficient (Wildman–Crippen LogP) is 4.23. The zero-order chi connectivity index (χ0) is 29.5. The molecule has 9 nitrogen and oxygen atoms in total. The van der Waals surface area contributed by atoms with Crippen LogP contribution in [0.15, 0.2) is 64.7 Å². The highest BCUT2D eigenvalue weighted by molar-refractivity contribution is 6.19. The van der Waals surface area contributed by atoms with Gasteiger partial charge in [0.25, 0.3) is 0 Å². The monoisotopic (exact) mass is 583 g/mol. The highest BCUT2D eigenvalue weighted by atomic mass is 19.4. The van der Waals surface area contributed by atoms with Gasteiger partial charge in [0.05, 0.1) is 32.0 Å². The van der Waals surface area contributed by atoms with Gasteiger partial charge in [0.1, 0.15) is 12.4 Å². The first-order valence-corrected chi connectivity index (χ1v) is 14.2. The Hall–Kier alpha value is -3.74.